The summed E-state index contributed by atoms with van der Waals surface area (Å²) in [6.07, 6.45) is 2.81. The first kappa shape index (κ1) is 12.5. The number of nitrogens with one attached hydrogen (secondary N) is 1. The summed E-state index contributed by atoms with van der Waals surface area (Å²) in [5, 5.41) is 3.01. The first-order chi connectivity index (χ1) is 9.19. The molecular weight excluding hydrogens is 238 g/mol. The summed E-state index contributed by atoms with van der Waals surface area (Å²) in [4.78, 5) is 11.3. The second kappa shape index (κ2) is 4.87. The molecule has 102 valence electrons. The summed E-state index contributed by atoms with van der Waals surface area (Å²) < 4.78 is 5.68. The molecule has 3 heteroatoms. The Morgan fingerprint density at radius 1 is 1.47 bits per heavy atom. The molecule has 1 aliphatic heterocycles. The minimum absolute atomic E-state index is 0.156. The molecule has 3 nitrogen and oxygen atoms in total. The number of hydrogen-bond donors (Lipinski definition) is 1. The van der Waals surface area contributed by atoms with Crippen molar-refractivity contribution in [3.63, 3.8) is 0 Å². The number of rotatable bonds is 4. The Kier molecular flexibility index (Phi) is 3.21. The van der Waals surface area contributed by atoms with Gasteiger partial charge in [0.25, 0.3) is 0 Å². The monoisotopic (exact) mass is 259 g/mol. The summed E-state index contributed by atoms with van der Waals surface area (Å²) in [6.45, 7) is 5.66. The molecule has 0 radical (unpaired) electrons. The largest absolute Gasteiger partial charge is 0.493 e. The van der Waals surface area contributed by atoms with Crippen LogP contribution in [0.5, 0.6) is 5.75 Å². The number of aryl methyl sites for hydroxylation is 1. The topological polar surface area (TPSA) is 38.3 Å². The lowest BCUT2D eigenvalue weighted by Crippen LogP contribution is -2.24. The molecule has 1 aliphatic carbocycles. The zero-order valence-electron chi connectivity index (χ0n) is 11.7. The molecule has 2 aliphatic rings. The maximum atomic E-state index is 11.3. The van der Waals surface area contributed by atoms with Gasteiger partial charge in [-0.15, -0.1) is 0 Å². The van der Waals surface area contributed by atoms with E-state index in [9.17, 15) is 4.79 Å². The number of ether oxygens (including phenoxy) is 1. The van der Waals surface area contributed by atoms with Crippen LogP contribution in [0.4, 0.5) is 0 Å². The van der Waals surface area contributed by atoms with Crippen LogP contribution in [0.3, 0.4) is 0 Å². The Hall–Kier alpha value is -1.51. The molecule has 19 heavy (non-hydrogen) atoms. The minimum atomic E-state index is 0.156. The summed E-state index contributed by atoms with van der Waals surface area (Å²) in [5.74, 6) is 2.47. The highest BCUT2D eigenvalue weighted by Gasteiger charge is 2.40. The normalized spacial score (nSPS) is 23.7. The van der Waals surface area contributed by atoms with Crippen LogP contribution in [0.2, 0.25) is 0 Å². The van der Waals surface area contributed by atoms with Crippen LogP contribution in [0, 0.1) is 12.8 Å². The van der Waals surface area contributed by atoms with Crippen LogP contribution >= 0.6 is 0 Å². The first-order valence-corrected chi connectivity index (χ1v) is 7.22. The van der Waals surface area contributed by atoms with Gasteiger partial charge in [0.1, 0.15) is 5.75 Å². The SMILES string of the molecule is CCC(=O)NC[C@@H]1CC1c1cc(C)cc2c1CCO2. The van der Waals surface area contributed by atoms with Crippen molar-refractivity contribution < 1.29 is 9.53 Å². The standard InChI is InChI=1S/C16H21NO2/c1-3-16(18)17-9-11-8-13(11)14-6-10(2)7-15-12(14)4-5-19-15/h6-7,11,13H,3-5,8-9H2,1-2H3,(H,17,18)/t11-,13?/m0/s1. The molecule has 2 atom stereocenters. The van der Waals surface area contributed by atoms with Gasteiger partial charge in [0, 0.05) is 24.9 Å². The molecule has 0 aromatic heterocycles. The van der Waals surface area contributed by atoms with E-state index in [4.69, 9.17) is 4.74 Å². The Bertz CT molecular complexity index is 510. The second-order valence-corrected chi connectivity index (χ2v) is 5.69. The minimum Gasteiger partial charge on any atom is -0.493 e. The van der Waals surface area contributed by atoms with Crippen LogP contribution in [0.25, 0.3) is 0 Å². The van der Waals surface area contributed by atoms with Gasteiger partial charge in [0.2, 0.25) is 5.91 Å². The smallest absolute Gasteiger partial charge is 0.219 e. The molecule has 0 bridgehead atoms. The predicted octanol–water partition coefficient (Wildman–Crippen LogP) is 2.56. The van der Waals surface area contributed by atoms with Crippen molar-refractivity contribution >= 4 is 5.91 Å². The lowest BCUT2D eigenvalue weighted by Gasteiger charge is -2.09. The van der Waals surface area contributed by atoms with Gasteiger partial charge < -0.3 is 10.1 Å². The van der Waals surface area contributed by atoms with E-state index >= 15 is 0 Å². The summed E-state index contributed by atoms with van der Waals surface area (Å²) in [5.41, 5.74) is 4.14. The molecule has 0 saturated heterocycles. The molecule has 1 unspecified atom stereocenters. The summed E-state index contributed by atoms with van der Waals surface area (Å²) in [6, 6.07) is 4.45. The van der Waals surface area contributed by atoms with Gasteiger partial charge in [0.15, 0.2) is 0 Å². The number of amides is 1. The van der Waals surface area contributed by atoms with E-state index < -0.39 is 0 Å². The number of carbonyl (C=O) groups excluding carboxylic acids is 1. The Labute approximate surface area is 114 Å². The lowest BCUT2D eigenvalue weighted by atomic mass is 9.97. The predicted molar refractivity (Wildman–Crippen MR) is 74.5 cm³/mol. The number of benzene rings is 1. The van der Waals surface area contributed by atoms with Gasteiger partial charge in [-0.3, -0.25) is 4.79 Å². The Balaban J connectivity index is 1.70. The highest BCUT2D eigenvalue weighted by atomic mass is 16.5. The second-order valence-electron chi connectivity index (χ2n) is 5.69. The molecule has 1 aromatic carbocycles. The van der Waals surface area contributed by atoms with Crippen LogP contribution in [-0.2, 0) is 11.2 Å². The van der Waals surface area contributed by atoms with Gasteiger partial charge in [-0.2, -0.15) is 0 Å². The van der Waals surface area contributed by atoms with Crippen molar-refractivity contribution in [2.24, 2.45) is 5.92 Å². The van der Waals surface area contributed by atoms with E-state index in [1.807, 2.05) is 6.92 Å². The van der Waals surface area contributed by atoms with Crippen LogP contribution in [0.15, 0.2) is 12.1 Å². The van der Waals surface area contributed by atoms with Gasteiger partial charge in [-0.1, -0.05) is 13.0 Å². The van der Waals surface area contributed by atoms with Crippen molar-refractivity contribution in [1.82, 2.24) is 5.32 Å². The van der Waals surface area contributed by atoms with Gasteiger partial charge in [-0.25, -0.2) is 0 Å². The molecule has 1 saturated carbocycles. The highest BCUT2D eigenvalue weighted by Crippen LogP contribution is 2.50. The Morgan fingerprint density at radius 2 is 2.32 bits per heavy atom. The molecule has 0 spiro atoms. The van der Waals surface area contributed by atoms with E-state index in [1.54, 1.807) is 0 Å². The van der Waals surface area contributed by atoms with E-state index in [0.29, 0.717) is 18.3 Å². The maximum Gasteiger partial charge on any atom is 0.219 e. The van der Waals surface area contributed by atoms with Crippen molar-refractivity contribution in [3.05, 3.63) is 28.8 Å². The third kappa shape index (κ3) is 2.46. The number of fused-ring (bicyclic) bond motifs is 1. The summed E-state index contributed by atoms with van der Waals surface area (Å²) in [7, 11) is 0. The molecule has 3 rings (SSSR count). The fourth-order valence-electron chi connectivity index (χ4n) is 3.02. The van der Waals surface area contributed by atoms with E-state index in [1.165, 1.54) is 23.1 Å². The van der Waals surface area contributed by atoms with Crippen molar-refractivity contribution in [2.45, 2.75) is 39.0 Å². The van der Waals surface area contributed by atoms with Crippen LogP contribution in [0.1, 0.15) is 42.4 Å². The summed E-state index contributed by atoms with van der Waals surface area (Å²) >= 11 is 0. The maximum absolute atomic E-state index is 11.3. The van der Waals surface area contributed by atoms with Gasteiger partial charge in [-0.05, 0) is 42.4 Å². The third-order valence-corrected chi connectivity index (χ3v) is 4.20. The fourth-order valence-corrected chi connectivity index (χ4v) is 3.02. The van der Waals surface area contributed by atoms with E-state index in [-0.39, 0.29) is 5.91 Å². The first-order valence-electron chi connectivity index (χ1n) is 7.22. The average Bonchev–Trinajstić information content (AvgIpc) is 3.03. The Morgan fingerprint density at radius 3 is 3.11 bits per heavy atom. The zero-order valence-corrected chi connectivity index (χ0v) is 11.7. The molecule has 1 N–H and O–H groups in total. The van der Waals surface area contributed by atoms with E-state index in [0.717, 1.165) is 25.3 Å². The van der Waals surface area contributed by atoms with Crippen LogP contribution in [-0.4, -0.2) is 19.1 Å². The molecule has 1 heterocycles. The number of carbonyl (C=O) groups is 1. The average molecular weight is 259 g/mol. The zero-order chi connectivity index (χ0) is 13.4. The molecular formula is C16H21NO2. The van der Waals surface area contributed by atoms with Crippen molar-refractivity contribution in [3.8, 4) is 5.75 Å². The molecule has 1 fully saturated rings. The quantitative estimate of drug-likeness (QED) is 0.902. The highest BCUT2D eigenvalue weighted by molar-refractivity contribution is 5.75. The van der Waals surface area contributed by atoms with Crippen molar-refractivity contribution in [2.75, 3.05) is 13.2 Å². The third-order valence-electron chi connectivity index (χ3n) is 4.20. The van der Waals surface area contributed by atoms with E-state index in [2.05, 4.69) is 24.4 Å². The fraction of sp³-hybridized carbons (Fsp3) is 0.562. The molecule has 1 amide bonds. The van der Waals surface area contributed by atoms with Gasteiger partial charge >= 0.3 is 0 Å². The molecule has 1 aromatic rings. The number of hydrogen-bond acceptors (Lipinski definition) is 2. The lowest BCUT2D eigenvalue weighted by molar-refractivity contribution is -0.120. The van der Waals surface area contributed by atoms with Crippen molar-refractivity contribution in [1.29, 1.82) is 0 Å². The van der Waals surface area contributed by atoms with Crippen LogP contribution < -0.4 is 10.1 Å². The van der Waals surface area contributed by atoms with Gasteiger partial charge in [0.05, 0.1) is 6.61 Å².